The van der Waals surface area contributed by atoms with Gasteiger partial charge in [0.25, 0.3) is 5.91 Å². The van der Waals surface area contributed by atoms with Crippen LogP contribution in [0.2, 0.25) is 0 Å². The van der Waals surface area contributed by atoms with E-state index in [2.05, 4.69) is 5.32 Å². The molecule has 0 bridgehead atoms. The summed E-state index contributed by atoms with van der Waals surface area (Å²) in [6.07, 6.45) is 4.31. The number of ether oxygens (including phenoxy) is 2. The number of rotatable bonds is 8. The SMILES string of the molecule is O=C(CCCCCN1C(=O)C(=Cc2ccc3c(c2)OCO3)SC1=S)Nc1cccc(F)c1. The van der Waals surface area contributed by atoms with Crippen LogP contribution in [0.1, 0.15) is 31.2 Å². The molecule has 6 nitrogen and oxygen atoms in total. The highest BCUT2D eigenvalue weighted by Gasteiger charge is 2.31. The Hall–Kier alpha value is -2.91. The van der Waals surface area contributed by atoms with Crippen LogP contribution >= 0.6 is 24.0 Å². The summed E-state index contributed by atoms with van der Waals surface area (Å²) in [7, 11) is 0. The number of carbonyl (C=O) groups is 2. The van der Waals surface area contributed by atoms with Crippen LogP contribution in [0, 0.1) is 5.82 Å². The monoisotopic (exact) mass is 472 g/mol. The normalized spacial score (nSPS) is 16.2. The van der Waals surface area contributed by atoms with Gasteiger partial charge in [-0.05, 0) is 54.8 Å². The molecule has 2 aliphatic heterocycles. The highest BCUT2D eigenvalue weighted by Crippen LogP contribution is 2.36. The second-order valence-electron chi connectivity index (χ2n) is 7.32. The van der Waals surface area contributed by atoms with Crippen molar-refractivity contribution in [2.45, 2.75) is 25.7 Å². The number of unbranched alkanes of at least 4 members (excludes halogenated alkanes) is 2. The lowest BCUT2D eigenvalue weighted by Crippen LogP contribution is -2.29. The largest absolute Gasteiger partial charge is 0.454 e. The number of thioether (sulfide) groups is 1. The van der Waals surface area contributed by atoms with Crippen LogP contribution in [0.3, 0.4) is 0 Å². The number of hydrogen-bond acceptors (Lipinski definition) is 6. The Balaban J connectivity index is 1.22. The van der Waals surface area contributed by atoms with Crippen LogP contribution in [0.25, 0.3) is 6.08 Å². The van der Waals surface area contributed by atoms with Gasteiger partial charge in [0.1, 0.15) is 10.1 Å². The summed E-state index contributed by atoms with van der Waals surface area (Å²) >= 11 is 6.66. The lowest BCUT2D eigenvalue weighted by atomic mass is 10.1. The Labute approximate surface area is 194 Å². The molecular weight excluding hydrogens is 451 g/mol. The van der Waals surface area contributed by atoms with Crippen molar-refractivity contribution in [3.8, 4) is 11.5 Å². The van der Waals surface area contributed by atoms with E-state index in [9.17, 15) is 14.0 Å². The van der Waals surface area contributed by atoms with Gasteiger partial charge in [-0.1, -0.05) is 42.5 Å². The minimum atomic E-state index is -0.390. The molecular formula is C23H21FN2O4S2. The van der Waals surface area contributed by atoms with Gasteiger partial charge in [0.05, 0.1) is 4.91 Å². The molecule has 1 N–H and O–H groups in total. The van der Waals surface area contributed by atoms with E-state index in [4.69, 9.17) is 21.7 Å². The number of thiocarbonyl (C=S) groups is 1. The molecule has 0 atom stereocenters. The van der Waals surface area contributed by atoms with Gasteiger partial charge in [-0.2, -0.15) is 0 Å². The van der Waals surface area contributed by atoms with E-state index in [0.717, 1.165) is 18.4 Å². The van der Waals surface area contributed by atoms with Gasteiger partial charge in [0.15, 0.2) is 11.5 Å². The summed E-state index contributed by atoms with van der Waals surface area (Å²) in [6, 6.07) is 11.3. The standard InChI is InChI=1S/C23H21FN2O4S2/c24-16-5-4-6-17(13-16)25-21(27)7-2-1-3-10-26-22(28)20(32-23(26)31)12-15-8-9-18-19(11-15)30-14-29-18/h4-6,8-9,11-13H,1-3,7,10,14H2,(H,25,27). The summed E-state index contributed by atoms with van der Waals surface area (Å²) in [5.74, 6) is 0.697. The van der Waals surface area contributed by atoms with Crippen LogP contribution in [-0.4, -0.2) is 34.4 Å². The maximum Gasteiger partial charge on any atom is 0.266 e. The Bertz CT molecular complexity index is 1090. The smallest absolute Gasteiger partial charge is 0.266 e. The first-order valence-corrected chi connectivity index (χ1v) is 11.4. The third-order valence-corrected chi connectivity index (χ3v) is 6.34. The molecule has 1 saturated heterocycles. The minimum Gasteiger partial charge on any atom is -0.454 e. The van der Waals surface area contributed by atoms with Crippen LogP contribution in [0.5, 0.6) is 11.5 Å². The van der Waals surface area contributed by atoms with Crippen molar-refractivity contribution >= 4 is 51.9 Å². The van der Waals surface area contributed by atoms with Gasteiger partial charge in [-0.25, -0.2) is 4.39 Å². The van der Waals surface area contributed by atoms with Crippen molar-refractivity contribution in [3.63, 3.8) is 0 Å². The Morgan fingerprint density at radius 1 is 1.16 bits per heavy atom. The Morgan fingerprint density at radius 2 is 2.00 bits per heavy atom. The number of amides is 2. The molecule has 0 unspecified atom stereocenters. The summed E-state index contributed by atoms with van der Waals surface area (Å²) in [5.41, 5.74) is 1.29. The Morgan fingerprint density at radius 3 is 2.84 bits per heavy atom. The molecule has 166 valence electrons. The molecule has 0 saturated carbocycles. The molecule has 0 radical (unpaired) electrons. The second-order valence-corrected chi connectivity index (χ2v) is 8.99. The van der Waals surface area contributed by atoms with Crippen LogP contribution in [-0.2, 0) is 9.59 Å². The van der Waals surface area contributed by atoms with Crippen LogP contribution in [0.15, 0.2) is 47.4 Å². The zero-order chi connectivity index (χ0) is 22.5. The van der Waals surface area contributed by atoms with E-state index in [1.165, 1.54) is 23.9 Å². The molecule has 2 aromatic rings. The fraction of sp³-hybridized carbons (Fsp3) is 0.261. The lowest BCUT2D eigenvalue weighted by Gasteiger charge is -2.14. The van der Waals surface area contributed by atoms with Crippen molar-refractivity contribution in [3.05, 3.63) is 58.8 Å². The van der Waals surface area contributed by atoms with E-state index in [-0.39, 0.29) is 24.4 Å². The average molecular weight is 473 g/mol. The number of hydrogen-bond donors (Lipinski definition) is 1. The predicted molar refractivity (Wildman–Crippen MR) is 126 cm³/mol. The van der Waals surface area contributed by atoms with Gasteiger partial charge in [-0.15, -0.1) is 0 Å². The topological polar surface area (TPSA) is 67.9 Å². The zero-order valence-electron chi connectivity index (χ0n) is 17.1. The van der Waals surface area contributed by atoms with Gasteiger partial charge < -0.3 is 14.8 Å². The molecule has 9 heteroatoms. The van der Waals surface area contributed by atoms with E-state index >= 15 is 0 Å². The third-order valence-electron chi connectivity index (χ3n) is 4.96. The molecule has 0 aromatic heterocycles. The molecule has 2 aromatic carbocycles. The molecule has 1 fully saturated rings. The maximum atomic E-state index is 13.2. The van der Waals surface area contributed by atoms with E-state index < -0.39 is 0 Å². The van der Waals surface area contributed by atoms with Crippen molar-refractivity contribution in [1.29, 1.82) is 0 Å². The highest BCUT2D eigenvalue weighted by atomic mass is 32.2. The summed E-state index contributed by atoms with van der Waals surface area (Å²) in [6.45, 7) is 0.710. The fourth-order valence-electron chi connectivity index (χ4n) is 3.37. The zero-order valence-corrected chi connectivity index (χ0v) is 18.8. The fourth-order valence-corrected chi connectivity index (χ4v) is 4.68. The first-order chi connectivity index (χ1) is 15.5. The van der Waals surface area contributed by atoms with Crippen molar-refractivity contribution in [2.24, 2.45) is 0 Å². The van der Waals surface area contributed by atoms with E-state index in [0.29, 0.717) is 45.8 Å². The summed E-state index contributed by atoms with van der Waals surface area (Å²) in [5, 5.41) is 2.68. The second kappa shape index (κ2) is 10.1. The minimum absolute atomic E-state index is 0.110. The molecule has 2 amide bonds. The summed E-state index contributed by atoms with van der Waals surface area (Å²) in [4.78, 5) is 26.9. The van der Waals surface area contributed by atoms with Gasteiger partial charge in [0.2, 0.25) is 12.7 Å². The van der Waals surface area contributed by atoms with Gasteiger partial charge in [0, 0.05) is 18.7 Å². The van der Waals surface area contributed by atoms with Gasteiger partial charge >= 0.3 is 0 Å². The van der Waals surface area contributed by atoms with E-state index in [1.54, 1.807) is 23.1 Å². The molecule has 0 spiro atoms. The van der Waals surface area contributed by atoms with Gasteiger partial charge in [-0.3, -0.25) is 14.5 Å². The molecule has 2 heterocycles. The number of anilines is 1. The number of halogens is 1. The van der Waals surface area contributed by atoms with Crippen molar-refractivity contribution in [1.82, 2.24) is 4.90 Å². The number of nitrogens with one attached hydrogen (secondary N) is 1. The van der Waals surface area contributed by atoms with Crippen LogP contribution < -0.4 is 14.8 Å². The quantitative estimate of drug-likeness (QED) is 0.333. The summed E-state index contributed by atoms with van der Waals surface area (Å²) < 4.78 is 24.4. The number of nitrogens with zero attached hydrogens (tertiary/aromatic N) is 1. The molecule has 4 rings (SSSR count). The highest BCUT2D eigenvalue weighted by molar-refractivity contribution is 8.26. The predicted octanol–water partition coefficient (Wildman–Crippen LogP) is 4.95. The first kappa shape index (κ1) is 22.3. The third kappa shape index (κ3) is 5.46. The van der Waals surface area contributed by atoms with Crippen molar-refractivity contribution in [2.75, 3.05) is 18.7 Å². The molecule has 0 aliphatic carbocycles. The molecule has 2 aliphatic rings. The first-order valence-electron chi connectivity index (χ1n) is 10.2. The number of fused-ring (bicyclic) bond motifs is 1. The Kier molecular flexibility index (Phi) is 7.06. The molecule has 32 heavy (non-hydrogen) atoms. The number of benzene rings is 2. The van der Waals surface area contributed by atoms with E-state index in [1.807, 2.05) is 18.2 Å². The lowest BCUT2D eigenvalue weighted by molar-refractivity contribution is -0.122. The van der Waals surface area contributed by atoms with Crippen LogP contribution in [0.4, 0.5) is 10.1 Å². The average Bonchev–Trinajstić information content (AvgIpc) is 3.32. The number of carbonyl (C=O) groups excluding carboxylic acids is 2. The van der Waals surface area contributed by atoms with Crippen molar-refractivity contribution < 1.29 is 23.5 Å². The maximum absolute atomic E-state index is 13.2.